The normalized spacial score (nSPS) is 20.2. The molecule has 5 heteroatoms. The van der Waals surface area contributed by atoms with Crippen LogP contribution in [0.5, 0.6) is 0 Å². The first-order valence-corrected chi connectivity index (χ1v) is 8.90. The van der Waals surface area contributed by atoms with Crippen LogP contribution in [0.25, 0.3) is 10.9 Å². The fourth-order valence-corrected chi connectivity index (χ4v) is 3.99. The van der Waals surface area contributed by atoms with Gasteiger partial charge in [-0.25, -0.2) is 0 Å². The molecule has 2 unspecified atom stereocenters. The third-order valence-electron chi connectivity index (χ3n) is 5.27. The van der Waals surface area contributed by atoms with Crippen LogP contribution in [0, 0.1) is 0 Å². The molecule has 5 nitrogen and oxygen atoms in total. The first-order chi connectivity index (χ1) is 12.6. The lowest BCUT2D eigenvalue weighted by Crippen LogP contribution is -2.31. The zero-order valence-corrected chi connectivity index (χ0v) is 14.5. The average Bonchev–Trinajstić information content (AvgIpc) is 2.68. The summed E-state index contributed by atoms with van der Waals surface area (Å²) in [4.78, 5) is 16.2. The predicted octanol–water partition coefficient (Wildman–Crippen LogP) is 3.12. The number of rotatable bonds is 3. The molecule has 1 aliphatic heterocycles. The first kappa shape index (κ1) is 16.5. The van der Waals surface area contributed by atoms with Gasteiger partial charge in [-0.15, -0.1) is 0 Å². The third-order valence-corrected chi connectivity index (χ3v) is 5.27. The van der Waals surface area contributed by atoms with Gasteiger partial charge in [0.1, 0.15) is 0 Å². The minimum atomic E-state index is -0.488. The number of nitrogens with one attached hydrogen (secondary N) is 1. The molecular formula is C21H22N4O. The molecule has 2 atom stereocenters. The highest BCUT2D eigenvalue weighted by Crippen LogP contribution is 2.38. The second kappa shape index (κ2) is 6.77. The monoisotopic (exact) mass is 346 g/mol. The van der Waals surface area contributed by atoms with Gasteiger partial charge in [-0.05, 0) is 48.6 Å². The lowest BCUT2D eigenvalue weighted by molar-refractivity contribution is 0.100. The van der Waals surface area contributed by atoms with Crippen LogP contribution in [-0.2, 0) is 0 Å². The van der Waals surface area contributed by atoms with Gasteiger partial charge in [-0.2, -0.15) is 0 Å². The van der Waals surface area contributed by atoms with E-state index < -0.39 is 5.91 Å². The summed E-state index contributed by atoms with van der Waals surface area (Å²) in [5, 5.41) is 4.43. The molecule has 5 N–H and O–H groups in total. The molecule has 0 spiro atoms. The van der Waals surface area contributed by atoms with E-state index >= 15 is 0 Å². The van der Waals surface area contributed by atoms with Crippen molar-refractivity contribution in [1.29, 1.82) is 0 Å². The van der Waals surface area contributed by atoms with E-state index in [1.165, 1.54) is 5.56 Å². The molecule has 1 fully saturated rings. The molecule has 1 aromatic heterocycles. The maximum Gasteiger partial charge on any atom is 0.250 e. The number of pyridine rings is 1. The molecule has 2 heterocycles. The molecule has 0 radical (unpaired) electrons. The molecule has 1 aliphatic rings. The zero-order chi connectivity index (χ0) is 18.1. The second-order valence-corrected chi connectivity index (χ2v) is 6.83. The SMILES string of the molecule is NC(=O)c1ccc(C2CC(c3ccccc3)CCN2)c2c(N)ccnc12. The van der Waals surface area contributed by atoms with E-state index in [1.54, 1.807) is 18.3 Å². The number of aromatic nitrogens is 1. The number of nitrogens with zero attached hydrogens (tertiary/aromatic N) is 1. The molecule has 1 amide bonds. The number of anilines is 1. The highest BCUT2D eigenvalue weighted by molar-refractivity contribution is 6.08. The number of nitrogens with two attached hydrogens (primary N) is 2. The smallest absolute Gasteiger partial charge is 0.250 e. The minimum Gasteiger partial charge on any atom is -0.398 e. The van der Waals surface area contributed by atoms with Crippen LogP contribution in [-0.4, -0.2) is 17.4 Å². The topological polar surface area (TPSA) is 94.0 Å². The first-order valence-electron chi connectivity index (χ1n) is 8.90. The van der Waals surface area contributed by atoms with Crippen LogP contribution < -0.4 is 16.8 Å². The maximum atomic E-state index is 11.8. The Balaban J connectivity index is 1.77. The second-order valence-electron chi connectivity index (χ2n) is 6.83. The highest BCUT2D eigenvalue weighted by Gasteiger charge is 2.26. The van der Waals surface area contributed by atoms with Crippen molar-refractivity contribution < 1.29 is 4.79 Å². The molecule has 26 heavy (non-hydrogen) atoms. The standard InChI is InChI=1S/C21H22N4O/c22-17-9-11-25-20-16(21(23)26)7-6-15(19(17)20)18-12-14(8-10-24-18)13-4-2-1-3-5-13/h1-7,9,11,14,18,24H,8,10,12H2,(H2,22,25)(H2,23,26). The Hall–Kier alpha value is -2.92. The van der Waals surface area contributed by atoms with Crippen molar-refractivity contribution in [2.75, 3.05) is 12.3 Å². The van der Waals surface area contributed by atoms with E-state index in [0.717, 1.165) is 30.3 Å². The highest BCUT2D eigenvalue weighted by atomic mass is 16.1. The number of nitrogen functional groups attached to an aromatic ring is 1. The number of fused-ring (bicyclic) bond motifs is 1. The Morgan fingerprint density at radius 1 is 1.12 bits per heavy atom. The van der Waals surface area contributed by atoms with Gasteiger partial charge in [0.05, 0.1) is 11.1 Å². The summed E-state index contributed by atoms with van der Waals surface area (Å²) >= 11 is 0. The predicted molar refractivity (Wildman–Crippen MR) is 104 cm³/mol. The summed E-state index contributed by atoms with van der Waals surface area (Å²) in [5.74, 6) is 0.00429. The number of amides is 1. The van der Waals surface area contributed by atoms with Crippen molar-refractivity contribution in [1.82, 2.24) is 10.3 Å². The number of piperidine rings is 1. The summed E-state index contributed by atoms with van der Waals surface area (Å²) in [6, 6.07) is 16.3. The summed E-state index contributed by atoms with van der Waals surface area (Å²) in [6.07, 6.45) is 3.70. The lowest BCUT2D eigenvalue weighted by atomic mass is 9.83. The quantitative estimate of drug-likeness (QED) is 0.679. The maximum absolute atomic E-state index is 11.8. The summed E-state index contributed by atoms with van der Waals surface area (Å²) in [7, 11) is 0. The molecule has 1 saturated heterocycles. The Bertz CT molecular complexity index is 955. The van der Waals surface area contributed by atoms with Gasteiger partial charge in [-0.1, -0.05) is 36.4 Å². The van der Waals surface area contributed by atoms with E-state index in [9.17, 15) is 4.79 Å². The number of benzene rings is 2. The Kier molecular flexibility index (Phi) is 4.31. The van der Waals surface area contributed by atoms with Crippen molar-refractivity contribution in [2.45, 2.75) is 24.8 Å². The van der Waals surface area contributed by atoms with Gasteiger partial charge in [-0.3, -0.25) is 9.78 Å². The lowest BCUT2D eigenvalue weighted by Gasteiger charge is -2.32. The minimum absolute atomic E-state index is 0.157. The number of hydrogen-bond acceptors (Lipinski definition) is 4. The fraction of sp³-hybridized carbons (Fsp3) is 0.238. The van der Waals surface area contributed by atoms with Crippen molar-refractivity contribution in [3.8, 4) is 0 Å². The molecule has 0 saturated carbocycles. The van der Waals surface area contributed by atoms with E-state index in [-0.39, 0.29) is 6.04 Å². The van der Waals surface area contributed by atoms with E-state index in [2.05, 4.69) is 34.6 Å². The van der Waals surface area contributed by atoms with Crippen molar-refractivity contribution in [3.05, 3.63) is 71.4 Å². The van der Waals surface area contributed by atoms with Gasteiger partial charge in [0.2, 0.25) is 0 Å². The molecule has 2 aromatic carbocycles. The average molecular weight is 346 g/mol. The van der Waals surface area contributed by atoms with Crippen LogP contribution in [0.1, 0.15) is 46.3 Å². The zero-order valence-electron chi connectivity index (χ0n) is 14.5. The summed E-state index contributed by atoms with van der Waals surface area (Å²) in [5.41, 5.74) is 15.8. The van der Waals surface area contributed by atoms with Crippen LogP contribution >= 0.6 is 0 Å². The molecular weight excluding hydrogens is 324 g/mol. The third kappa shape index (κ3) is 2.91. The van der Waals surface area contributed by atoms with Gasteiger partial charge >= 0.3 is 0 Å². The van der Waals surface area contributed by atoms with Gasteiger partial charge in [0.25, 0.3) is 5.91 Å². The van der Waals surface area contributed by atoms with Crippen LogP contribution in [0.4, 0.5) is 5.69 Å². The van der Waals surface area contributed by atoms with Crippen LogP contribution in [0.3, 0.4) is 0 Å². The van der Waals surface area contributed by atoms with Crippen molar-refractivity contribution in [3.63, 3.8) is 0 Å². The molecule has 0 aliphatic carbocycles. The van der Waals surface area contributed by atoms with Crippen LogP contribution in [0.15, 0.2) is 54.7 Å². The van der Waals surface area contributed by atoms with Gasteiger partial charge in [0, 0.05) is 23.3 Å². The molecule has 4 rings (SSSR count). The number of primary amides is 1. The van der Waals surface area contributed by atoms with Gasteiger partial charge < -0.3 is 16.8 Å². The Morgan fingerprint density at radius 3 is 2.69 bits per heavy atom. The molecule has 0 bridgehead atoms. The van der Waals surface area contributed by atoms with Gasteiger partial charge in [0.15, 0.2) is 0 Å². The van der Waals surface area contributed by atoms with Crippen molar-refractivity contribution >= 4 is 22.5 Å². The molecule has 132 valence electrons. The molecule has 3 aromatic rings. The fourth-order valence-electron chi connectivity index (χ4n) is 3.99. The van der Waals surface area contributed by atoms with Crippen molar-refractivity contribution in [2.24, 2.45) is 5.73 Å². The number of hydrogen-bond donors (Lipinski definition) is 3. The summed E-state index contributed by atoms with van der Waals surface area (Å²) in [6.45, 7) is 0.934. The van der Waals surface area contributed by atoms with Crippen LogP contribution in [0.2, 0.25) is 0 Å². The van der Waals surface area contributed by atoms with E-state index in [1.807, 2.05) is 12.1 Å². The Morgan fingerprint density at radius 2 is 1.92 bits per heavy atom. The summed E-state index contributed by atoms with van der Waals surface area (Å²) < 4.78 is 0. The van der Waals surface area contributed by atoms with E-state index in [4.69, 9.17) is 11.5 Å². The number of carbonyl (C=O) groups excluding carboxylic acids is 1. The number of carbonyl (C=O) groups is 1. The largest absolute Gasteiger partial charge is 0.398 e. The Labute approximate surface area is 152 Å². The van der Waals surface area contributed by atoms with E-state index in [0.29, 0.717) is 22.7 Å².